The van der Waals surface area contributed by atoms with Crippen LogP contribution < -0.4 is 14.8 Å². The Hall–Kier alpha value is -1.85. The van der Waals surface area contributed by atoms with Crippen molar-refractivity contribution in [2.75, 3.05) is 26.0 Å². The monoisotopic (exact) mass is 365 g/mol. The fourth-order valence-electron chi connectivity index (χ4n) is 1.92. The number of hydrogen-bond donors (Lipinski definition) is 1. The van der Waals surface area contributed by atoms with Gasteiger partial charge in [0.1, 0.15) is 11.5 Å². The van der Waals surface area contributed by atoms with Crippen LogP contribution in [0.1, 0.15) is 5.56 Å². The third-order valence-corrected chi connectivity index (χ3v) is 4.44. The van der Waals surface area contributed by atoms with Crippen molar-refractivity contribution in [1.29, 1.82) is 0 Å². The number of carbonyl (C=O) groups is 1. The molecule has 0 aliphatic rings. The first-order valence-electron chi connectivity index (χ1n) is 7.53. The summed E-state index contributed by atoms with van der Waals surface area (Å²) in [7, 11) is 1.59. The number of carbonyl (C=O) groups excluding carboxylic acids is 1. The van der Waals surface area contributed by atoms with Crippen LogP contribution in [-0.2, 0) is 10.5 Å². The van der Waals surface area contributed by atoms with Crippen LogP contribution in [0.15, 0.2) is 48.5 Å². The van der Waals surface area contributed by atoms with Crippen LogP contribution in [0.2, 0.25) is 5.02 Å². The van der Waals surface area contributed by atoms with Crippen molar-refractivity contribution in [3.05, 3.63) is 59.1 Å². The Kier molecular flexibility index (Phi) is 7.79. The third-order valence-electron chi connectivity index (χ3n) is 3.16. The van der Waals surface area contributed by atoms with E-state index >= 15 is 0 Å². The molecule has 0 fully saturated rings. The molecule has 0 aromatic heterocycles. The topological polar surface area (TPSA) is 47.6 Å². The second-order valence-corrected chi connectivity index (χ2v) is 6.54. The highest BCUT2D eigenvalue weighted by Crippen LogP contribution is 2.18. The highest BCUT2D eigenvalue weighted by molar-refractivity contribution is 7.98. The molecule has 0 heterocycles. The molecule has 0 aliphatic carbocycles. The van der Waals surface area contributed by atoms with Crippen LogP contribution in [0.5, 0.6) is 11.5 Å². The number of benzene rings is 2. The number of ether oxygens (including phenoxy) is 2. The van der Waals surface area contributed by atoms with Gasteiger partial charge in [-0.2, -0.15) is 11.8 Å². The molecule has 4 nitrogen and oxygen atoms in total. The molecule has 0 radical (unpaired) electrons. The molecular formula is C18H20ClNO3S. The normalized spacial score (nSPS) is 10.2. The molecule has 128 valence electrons. The molecule has 0 saturated carbocycles. The minimum Gasteiger partial charge on any atom is -0.497 e. The van der Waals surface area contributed by atoms with Crippen LogP contribution in [0.4, 0.5) is 0 Å². The van der Waals surface area contributed by atoms with Gasteiger partial charge >= 0.3 is 0 Å². The number of thioether (sulfide) groups is 1. The molecule has 0 saturated heterocycles. The van der Waals surface area contributed by atoms with Crippen molar-refractivity contribution in [3.63, 3.8) is 0 Å². The molecule has 0 aliphatic heterocycles. The van der Waals surface area contributed by atoms with Crippen molar-refractivity contribution in [2.45, 2.75) is 5.75 Å². The van der Waals surface area contributed by atoms with Crippen LogP contribution in [0.3, 0.4) is 0 Å². The van der Waals surface area contributed by atoms with Crippen molar-refractivity contribution in [1.82, 2.24) is 5.32 Å². The zero-order valence-corrected chi connectivity index (χ0v) is 15.0. The van der Waals surface area contributed by atoms with E-state index in [0.717, 1.165) is 16.5 Å². The summed E-state index contributed by atoms with van der Waals surface area (Å²) >= 11 is 7.61. The maximum Gasteiger partial charge on any atom is 0.257 e. The summed E-state index contributed by atoms with van der Waals surface area (Å²) in [6, 6.07) is 15.0. The highest BCUT2D eigenvalue weighted by Gasteiger charge is 2.03. The van der Waals surface area contributed by atoms with Crippen LogP contribution >= 0.6 is 23.4 Å². The van der Waals surface area contributed by atoms with Crippen molar-refractivity contribution >= 4 is 29.3 Å². The molecule has 2 rings (SSSR count). The predicted molar refractivity (Wildman–Crippen MR) is 99.1 cm³/mol. The van der Waals surface area contributed by atoms with Gasteiger partial charge in [-0.1, -0.05) is 29.8 Å². The largest absolute Gasteiger partial charge is 0.497 e. The van der Waals surface area contributed by atoms with Crippen molar-refractivity contribution in [2.24, 2.45) is 0 Å². The van der Waals surface area contributed by atoms with E-state index in [4.69, 9.17) is 21.1 Å². The highest BCUT2D eigenvalue weighted by atomic mass is 35.5. The first-order chi connectivity index (χ1) is 11.7. The first-order valence-corrected chi connectivity index (χ1v) is 9.06. The average Bonchev–Trinajstić information content (AvgIpc) is 2.61. The minimum atomic E-state index is -0.134. The van der Waals surface area contributed by atoms with Gasteiger partial charge in [-0.05, 0) is 29.8 Å². The fourth-order valence-corrected chi connectivity index (χ4v) is 2.87. The Balaban J connectivity index is 1.58. The number of rotatable bonds is 9. The Morgan fingerprint density at radius 3 is 2.67 bits per heavy atom. The molecular weight excluding hydrogens is 346 g/mol. The lowest BCUT2D eigenvalue weighted by atomic mass is 10.2. The summed E-state index contributed by atoms with van der Waals surface area (Å²) in [6.07, 6.45) is 0. The van der Waals surface area contributed by atoms with E-state index in [9.17, 15) is 4.79 Å². The lowest BCUT2D eigenvalue weighted by Gasteiger charge is -2.08. The second-order valence-electron chi connectivity index (χ2n) is 5.00. The van der Waals surface area contributed by atoms with Gasteiger partial charge in [0.15, 0.2) is 6.61 Å². The van der Waals surface area contributed by atoms with E-state index in [1.54, 1.807) is 31.0 Å². The van der Waals surface area contributed by atoms with Crippen LogP contribution in [0, 0.1) is 0 Å². The van der Waals surface area contributed by atoms with Crippen LogP contribution in [0.25, 0.3) is 0 Å². The Morgan fingerprint density at radius 1 is 1.17 bits per heavy atom. The SMILES string of the molecule is COc1cccc(OCC(=O)NCCSCc2ccc(Cl)cc2)c1. The van der Waals surface area contributed by atoms with E-state index in [2.05, 4.69) is 5.32 Å². The number of hydrogen-bond acceptors (Lipinski definition) is 4. The predicted octanol–water partition coefficient (Wildman–Crippen LogP) is 3.78. The van der Waals surface area contributed by atoms with Gasteiger partial charge in [-0.25, -0.2) is 0 Å². The maximum absolute atomic E-state index is 11.8. The van der Waals surface area contributed by atoms with E-state index < -0.39 is 0 Å². The Bertz CT molecular complexity index is 649. The summed E-state index contributed by atoms with van der Waals surface area (Å²) < 4.78 is 10.5. The molecule has 2 aromatic carbocycles. The lowest BCUT2D eigenvalue weighted by molar-refractivity contribution is -0.122. The number of amides is 1. The summed E-state index contributed by atoms with van der Waals surface area (Å²) in [6.45, 7) is 0.605. The molecule has 0 atom stereocenters. The molecule has 0 bridgehead atoms. The second kappa shape index (κ2) is 10.1. The molecule has 1 N–H and O–H groups in total. The van der Waals surface area contributed by atoms with Gasteiger partial charge in [0.05, 0.1) is 7.11 Å². The number of methoxy groups -OCH3 is 1. The zero-order valence-electron chi connectivity index (χ0n) is 13.5. The zero-order chi connectivity index (χ0) is 17.2. The molecule has 0 unspecified atom stereocenters. The maximum atomic E-state index is 11.8. The third kappa shape index (κ3) is 6.72. The smallest absolute Gasteiger partial charge is 0.257 e. The van der Waals surface area contributed by atoms with E-state index in [-0.39, 0.29) is 12.5 Å². The van der Waals surface area contributed by atoms with E-state index in [1.807, 2.05) is 36.4 Å². The molecule has 0 spiro atoms. The van der Waals surface area contributed by atoms with Gasteiger partial charge in [-0.3, -0.25) is 4.79 Å². The minimum absolute atomic E-state index is 0.00494. The molecule has 1 amide bonds. The average molecular weight is 366 g/mol. The van der Waals surface area contributed by atoms with Gasteiger partial charge in [0.2, 0.25) is 0 Å². The first kappa shape index (κ1) is 18.5. The summed E-state index contributed by atoms with van der Waals surface area (Å²) in [4.78, 5) is 11.8. The number of halogens is 1. The molecule has 24 heavy (non-hydrogen) atoms. The molecule has 6 heteroatoms. The summed E-state index contributed by atoms with van der Waals surface area (Å²) in [5.74, 6) is 2.92. The standard InChI is InChI=1S/C18H20ClNO3S/c1-22-16-3-2-4-17(11-16)23-12-18(21)20-9-10-24-13-14-5-7-15(19)8-6-14/h2-8,11H,9-10,12-13H2,1H3,(H,20,21). The summed E-state index contributed by atoms with van der Waals surface area (Å²) in [5.41, 5.74) is 1.22. The van der Waals surface area contributed by atoms with Crippen molar-refractivity contribution < 1.29 is 14.3 Å². The van der Waals surface area contributed by atoms with Gasteiger partial charge < -0.3 is 14.8 Å². The Labute approximate surface area is 151 Å². The lowest BCUT2D eigenvalue weighted by Crippen LogP contribution is -2.30. The fraction of sp³-hybridized carbons (Fsp3) is 0.278. The summed E-state index contributed by atoms with van der Waals surface area (Å²) in [5, 5.41) is 3.58. The van der Waals surface area contributed by atoms with Gasteiger partial charge in [-0.15, -0.1) is 0 Å². The number of nitrogens with one attached hydrogen (secondary N) is 1. The van der Waals surface area contributed by atoms with E-state index in [1.165, 1.54) is 5.56 Å². The molecule has 2 aromatic rings. The van der Waals surface area contributed by atoms with Crippen molar-refractivity contribution in [3.8, 4) is 11.5 Å². The van der Waals surface area contributed by atoms with Crippen LogP contribution in [-0.4, -0.2) is 31.9 Å². The quantitative estimate of drug-likeness (QED) is 0.687. The Morgan fingerprint density at radius 2 is 1.92 bits per heavy atom. The van der Waals surface area contributed by atoms with Gasteiger partial charge in [0.25, 0.3) is 5.91 Å². The van der Waals surface area contributed by atoms with E-state index in [0.29, 0.717) is 18.0 Å². The van der Waals surface area contributed by atoms with Gasteiger partial charge in [0, 0.05) is 29.1 Å².